The third-order valence-corrected chi connectivity index (χ3v) is 6.38. The van der Waals surface area contributed by atoms with Crippen molar-refractivity contribution in [2.24, 2.45) is 5.10 Å². The van der Waals surface area contributed by atoms with Crippen molar-refractivity contribution in [2.45, 2.75) is 0 Å². The van der Waals surface area contributed by atoms with Crippen LogP contribution in [0.15, 0.2) is 125 Å². The van der Waals surface area contributed by atoms with Gasteiger partial charge < -0.3 is 0 Å². The first-order chi connectivity index (χ1) is 18.2. The van der Waals surface area contributed by atoms with Crippen molar-refractivity contribution in [1.29, 1.82) is 0 Å². The molecule has 6 rings (SSSR count). The van der Waals surface area contributed by atoms with E-state index in [0.29, 0.717) is 5.95 Å². The predicted molar refractivity (Wildman–Crippen MR) is 153 cm³/mol. The van der Waals surface area contributed by atoms with E-state index in [-0.39, 0.29) is 0 Å². The minimum Gasteiger partial charge on any atom is -0.245 e. The van der Waals surface area contributed by atoms with Crippen molar-refractivity contribution in [1.82, 2.24) is 19.7 Å². The number of aromatic nitrogens is 4. The lowest BCUT2D eigenvalue weighted by molar-refractivity contribution is 0.884. The second-order valence-corrected chi connectivity index (χ2v) is 9.29. The molecule has 0 fully saturated rings. The van der Waals surface area contributed by atoms with Gasteiger partial charge in [0, 0.05) is 32.7 Å². The van der Waals surface area contributed by atoms with Gasteiger partial charge in [0.05, 0.1) is 23.1 Å². The summed E-state index contributed by atoms with van der Waals surface area (Å²) < 4.78 is 2.84. The van der Waals surface area contributed by atoms with E-state index in [4.69, 9.17) is 10.1 Å². The van der Waals surface area contributed by atoms with Gasteiger partial charge in [0.25, 0.3) is 0 Å². The Hall–Kier alpha value is -4.62. The topological polar surface area (TPSA) is 68.0 Å². The standard InChI is InChI=1S/C30H21BrN6/c31-24-16-17-27-26(18-24)29(22-12-6-2-7-13-22)34-30(33-27)35-32-19-23-20-37(25-14-8-3-9-15-25)36-28(23)21-10-4-1-5-11-21/h1-20H,(H,33,34,35)/b32-19-. The van der Waals surface area contributed by atoms with Crippen LogP contribution in [0.25, 0.3) is 39.1 Å². The van der Waals surface area contributed by atoms with Crippen LogP contribution in [-0.2, 0) is 0 Å². The molecule has 0 amide bonds. The second kappa shape index (κ2) is 10.2. The van der Waals surface area contributed by atoms with Gasteiger partial charge >= 0.3 is 0 Å². The number of benzene rings is 4. The van der Waals surface area contributed by atoms with Crippen molar-refractivity contribution in [3.8, 4) is 28.2 Å². The number of para-hydroxylation sites is 1. The van der Waals surface area contributed by atoms with Crippen LogP contribution in [0.4, 0.5) is 5.95 Å². The van der Waals surface area contributed by atoms with Crippen molar-refractivity contribution in [3.63, 3.8) is 0 Å². The molecule has 0 atom stereocenters. The normalized spacial score (nSPS) is 11.3. The molecule has 0 saturated heterocycles. The fourth-order valence-electron chi connectivity index (χ4n) is 4.14. The maximum absolute atomic E-state index is 4.84. The Bertz CT molecular complexity index is 1700. The van der Waals surface area contributed by atoms with Crippen LogP contribution in [0.2, 0.25) is 0 Å². The summed E-state index contributed by atoms with van der Waals surface area (Å²) in [4.78, 5) is 9.49. The van der Waals surface area contributed by atoms with E-state index in [0.717, 1.165) is 49.1 Å². The molecule has 0 radical (unpaired) electrons. The molecule has 0 aliphatic carbocycles. The van der Waals surface area contributed by atoms with Crippen LogP contribution in [0.3, 0.4) is 0 Å². The van der Waals surface area contributed by atoms with Crippen molar-refractivity contribution < 1.29 is 0 Å². The Labute approximate surface area is 222 Å². The number of hydrogen-bond acceptors (Lipinski definition) is 5. The van der Waals surface area contributed by atoms with E-state index in [1.54, 1.807) is 6.21 Å². The number of hydrogen-bond donors (Lipinski definition) is 1. The number of hydrazone groups is 1. The summed E-state index contributed by atoms with van der Waals surface area (Å²) in [6.45, 7) is 0. The molecule has 0 unspecified atom stereocenters. The number of halogens is 1. The lowest BCUT2D eigenvalue weighted by Gasteiger charge is -2.09. The van der Waals surface area contributed by atoms with E-state index >= 15 is 0 Å². The Morgan fingerprint density at radius 1 is 0.730 bits per heavy atom. The van der Waals surface area contributed by atoms with Crippen molar-refractivity contribution in [2.75, 3.05) is 5.43 Å². The highest BCUT2D eigenvalue weighted by molar-refractivity contribution is 9.10. The summed E-state index contributed by atoms with van der Waals surface area (Å²) in [6, 6.07) is 36.2. The van der Waals surface area contributed by atoms with Crippen LogP contribution in [0, 0.1) is 0 Å². The van der Waals surface area contributed by atoms with Gasteiger partial charge in [-0.2, -0.15) is 10.2 Å². The summed E-state index contributed by atoms with van der Waals surface area (Å²) >= 11 is 3.57. The molecule has 6 nitrogen and oxygen atoms in total. The maximum Gasteiger partial charge on any atom is 0.244 e. The smallest absolute Gasteiger partial charge is 0.244 e. The van der Waals surface area contributed by atoms with Gasteiger partial charge in [-0.1, -0.05) is 94.8 Å². The summed E-state index contributed by atoms with van der Waals surface area (Å²) in [5.74, 6) is 0.418. The first kappa shape index (κ1) is 22.8. The largest absolute Gasteiger partial charge is 0.245 e. The minimum atomic E-state index is 0.418. The summed E-state index contributed by atoms with van der Waals surface area (Å²) in [6.07, 6.45) is 3.73. The molecule has 7 heteroatoms. The van der Waals surface area contributed by atoms with Gasteiger partial charge in [-0.3, -0.25) is 0 Å². The molecule has 1 N–H and O–H groups in total. The molecule has 0 aliphatic rings. The zero-order valence-electron chi connectivity index (χ0n) is 19.7. The van der Waals surface area contributed by atoms with Gasteiger partial charge in [0.1, 0.15) is 5.69 Å². The van der Waals surface area contributed by atoms with E-state index in [2.05, 4.69) is 31.4 Å². The molecular weight excluding hydrogens is 524 g/mol. The molecule has 6 aromatic rings. The number of nitrogens with one attached hydrogen (secondary N) is 1. The molecule has 2 aromatic heterocycles. The van der Waals surface area contributed by atoms with Crippen LogP contribution >= 0.6 is 15.9 Å². The monoisotopic (exact) mass is 544 g/mol. The van der Waals surface area contributed by atoms with Crippen LogP contribution in [0.5, 0.6) is 0 Å². The van der Waals surface area contributed by atoms with Crippen molar-refractivity contribution in [3.05, 3.63) is 125 Å². The number of rotatable bonds is 6. The van der Waals surface area contributed by atoms with Gasteiger partial charge in [-0.15, -0.1) is 0 Å². The Morgan fingerprint density at radius 3 is 2.08 bits per heavy atom. The second-order valence-electron chi connectivity index (χ2n) is 8.37. The van der Waals surface area contributed by atoms with Gasteiger partial charge in [-0.25, -0.2) is 20.1 Å². The molecule has 0 spiro atoms. The molecule has 2 heterocycles. The highest BCUT2D eigenvalue weighted by atomic mass is 79.9. The Balaban J connectivity index is 1.37. The van der Waals surface area contributed by atoms with Gasteiger partial charge in [-0.05, 0) is 30.3 Å². The minimum absolute atomic E-state index is 0.418. The fraction of sp³-hybridized carbons (Fsp3) is 0. The quantitative estimate of drug-likeness (QED) is 0.175. The van der Waals surface area contributed by atoms with Crippen molar-refractivity contribution >= 4 is 39.0 Å². The highest BCUT2D eigenvalue weighted by Crippen LogP contribution is 2.29. The van der Waals surface area contributed by atoms with E-state index in [1.807, 2.05) is 120 Å². The zero-order valence-corrected chi connectivity index (χ0v) is 21.2. The molecule has 0 aliphatic heterocycles. The predicted octanol–water partition coefficient (Wildman–Crippen LogP) is 7.36. The highest BCUT2D eigenvalue weighted by Gasteiger charge is 2.12. The average molecular weight is 545 g/mol. The fourth-order valence-corrected chi connectivity index (χ4v) is 4.50. The lowest BCUT2D eigenvalue weighted by Crippen LogP contribution is -2.00. The molecule has 0 saturated carbocycles. The average Bonchev–Trinajstić information content (AvgIpc) is 3.38. The third kappa shape index (κ3) is 4.90. The lowest BCUT2D eigenvalue weighted by atomic mass is 10.1. The first-order valence-electron chi connectivity index (χ1n) is 11.8. The number of fused-ring (bicyclic) bond motifs is 1. The molecule has 0 bridgehead atoms. The Kier molecular flexibility index (Phi) is 6.27. The van der Waals surface area contributed by atoms with Crippen LogP contribution in [0.1, 0.15) is 5.56 Å². The summed E-state index contributed by atoms with van der Waals surface area (Å²) in [7, 11) is 0. The maximum atomic E-state index is 4.84. The van der Waals surface area contributed by atoms with E-state index in [1.165, 1.54) is 0 Å². The first-order valence-corrected chi connectivity index (χ1v) is 12.6. The number of nitrogens with zero attached hydrogens (tertiary/aromatic N) is 5. The third-order valence-electron chi connectivity index (χ3n) is 5.88. The molecule has 37 heavy (non-hydrogen) atoms. The molecule has 4 aromatic carbocycles. The van der Waals surface area contributed by atoms with E-state index in [9.17, 15) is 0 Å². The molecular formula is C30H21BrN6. The Morgan fingerprint density at radius 2 is 1.38 bits per heavy atom. The SMILES string of the molecule is Brc1ccc2nc(N/N=C\c3cn(-c4ccccc4)nc3-c3ccccc3)nc(-c3ccccc3)c2c1. The zero-order chi connectivity index (χ0) is 25.0. The number of anilines is 1. The summed E-state index contributed by atoms with van der Waals surface area (Å²) in [5, 5.41) is 10.3. The molecule has 178 valence electrons. The van der Waals surface area contributed by atoms with Crippen LogP contribution < -0.4 is 5.43 Å². The van der Waals surface area contributed by atoms with Crippen LogP contribution in [-0.4, -0.2) is 26.0 Å². The van der Waals surface area contributed by atoms with E-state index < -0.39 is 0 Å². The summed E-state index contributed by atoms with van der Waals surface area (Å²) in [5.41, 5.74) is 9.41. The van der Waals surface area contributed by atoms with Gasteiger partial charge in [0.15, 0.2) is 0 Å². The van der Waals surface area contributed by atoms with Gasteiger partial charge in [0.2, 0.25) is 5.95 Å².